The summed E-state index contributed by atoms with van der Waals surface area (Å²) >= 11 is 6.31. The van der Waals surface area contributed by atoms with Gasteiger partial charge in [-0.3, -0.25) is 9.59 Å². The third-order valence-corrected chi connectivity index (χ3v) is 5.47. The summed E-state index contributed by atoms with van der Waals surface area (Å²) in [4.78, 5) is 27.2. The van der Waals surface area contributed by atoms with Crippen LogP contribution in [0.2, 0.25) is 5.02 Å². The topological polar surface area (TPSA) is 58.6 Å². The molecule has 0 saturated carbocycles. The van der Waals surface area contributed by atoms with E-state index in [2.05, 4.69) is 5.32 Å². The van der Waals surface area contributed by atoms with Crippen molar-refractivity contribution in [2.75, 3.05) is 10.2 Å². The first-order valence-corrected chi connectivity index (χ1v) is 10.0. The summed E-state index contributed by atoms with van der Waals surface area (Å²) in [5, 5.41) is 3.51. The first-order chi connectivity index (χ1) is 14.4. The second-order valence-electron chi connectivity index (χ2n) is 7.23. The molecule has 5 nitrogen and oxygen atoms in total. The Bertz CT molecular complexity index is 1130. The van der Waals surface area contributed by atoms with Crippen molar-refractivity contribution < 1.29 is 14.3 Å². The van der Waals surface area contributed by atoms with Crippen molar-refractivity contribution in [2.24, 2.45) is 0 Å². The molecule has 1 aliphatic heterocycles. The summed E-state index contributed by atoms with van der Waals surface area (Å²) in [5.41, 5.74) is 3.50. The third kappa shape index (κ3) is 3.89. The number of fused-ring (bicyclic) bond motifs is 1. The first-order valence-electron chi connectivity index (χ1n) is 9.66. The molecule has 1 heterocycles. The van der Waals surface area contributed by atoms with Gasteiger partial charge in [0, 0.05) is 16.3 Å². The molecule has 0 fully saturated rings. The van der Waals surface area contributed by atoms with E-state index < -0.39 is 6.10 Å². The molecular formula is C24H21ClN2O3. The molecule has 0 aromatic heterocycles. The predicted octanol–water partition coefficient (Wildman–Crippen LogP) is 5.21. The molecule has 1 N–H and O–H groups in total. The Labute approximate surface area is 180 Å². The van der Waals surface area contributed by atoms with Crippen LogP contribution in [-0.2, 0) is 11.3 Å². The highest BCUT2D eigenvalue weighted by atomic mass is 35.5. The maximum Gasteiger partial charge on any atom is 0.268 e. The van der Waals surface area contributed by atoms with Crippen LogP contribution >= 0.6 is 11.6 Å². The van der Waals surface area contributed by atoms with E-state index in [1.54, 1.807) is 42.2 Å². The molecule has 1 aliphatic rings. The number of amides is 2. The molecule has 152 valence electrons. The molecule has 2 amide bonds. The van der Waals surface area contributed by atoms with Crippen molar-refractivity contribution in [3.8, 4) is 5.75 Å². The second-order valence-corrected chi connectivity index (χ2v) is 7.63. The molecular weight excluding hydrogens is 400 g/mol. The highest BCUT2D eigenvalue weighted by Gasteiger charge is 2.32. The van der Waals surface area contributed by atoms with Crippen LogP contribution in [0.5, 0.6) is 5.75 Å². The Hall–Kier alpha value is -3.31. The predicted molar refractivity (Wildman–Crippen MR) is 118 cm³/mol. The summed E-state index contributed by atoms with van der Waals surface area (Å²) in [7, 11) is 0. The summed E-state index contributed by atoms with van der Waals surface area (Å²) in [6.45, 7) is 3.92. The second kappa shape index (κ2) is 8.20. The number of rotatable bonds is 4. The lowest BCUT2D eigenvalue weighted by molar-refractivity contribution is -0.125. The Kier molecular flexibility index (Phi) is 5.46. The number of carbonyl (C=O) groups excluding carboxylic acids is 2. The van der Waals surface area contributed by atoms with Crippen LogP contribution in [0.1, 0.15) is 28.4 Å². The number of carbonyl (C=O) groups is 2. The number of hydrogen-bond acceptors (Lipinski definition) is 3. The van der Waals surface area contributed by atoms with E-state index in [1.807, 2.05) is 43.3 Å². The minimum atomic E-state index is -0.604. The highest BCUT2D eigenvalue weighted by molar-refractivity contribution is 6.31. The van der Waals surface area contributed by atoms with Gasteiger partial charge in [0.25, 0.3) is 11.8 Å². The quantitative estimate of drug-likeness (QED) is 0.629. The molecule has 6 heteroatoms. The minimum absolute atomic E-state index is 0.162. The average Bonchev–Trinajstić information content (AvgIpc) is 2.73. The summed E-state index contributed by atoms with van der Waals surface area (Å²) in [6.07, 6.45) is -0.604. The van der Waals surface area contributed by atoms with Crippen molar-refractivity contribution in [1.82, 2.24) is 0 Å². The molecule has 3 aromatic carbocycles. The van der Waals surface area contributed by atoms with Gasteiger partial charge in [0.2, 0.25) is 0 Å². The number of halogens is 1. The Morgan fingerprint density at radius 1 is 1.10 bits per heavy atom. The molecule has 1 unspecified atom stereocenters. The third-order valence-electron chi connectivity index (χ3n) is 5.10. The van der Waals surface area contributed by atoms with Crippen LogP contribution in [-0.4, -0.2) is 17.9 Å². The van der Waals surface area contributed by atoms with E-state index in [0.717, 1.165) is 11.1 Å². The zero-order chi connectivity index (χ0) is 21.3. The van der Waals surface area contributed by atoms with Gasteiger partial charge in [0.1, 0.15) is 5.75 Å². The van der Waals surface area contributed by atoms with Gasteiger partial charge >= 0.3 is 0 Å². The first kappa shape index (κ1) is 20.0. The molecule has 3 aromatic rings. The zero-order valence-corrected chi connectivity index (χ0v) is 17.4. The van der Waals surface area contributed by atoms with E-state index in [9.17, 15) is 9.59 Å². The Balaban J connectivity index is 1.66. The fourth-order valence-electron chi connectivity index (χ4n) is 3.47. The van der Waals surface area contributed by atoms with Gasteiger partial charge in [0.15, 0.2) is 6.10 Å². The molecule has 0 radical (unpaired) electrons. The van der Waals surface area contributed by atoms with Gasteiger partial charge in [-0.2, -0.15) is 0 Å². The van der Waals surface area contributed by atoms with Gasteiger partial charge in [-0.05, 0) is 55.3 Å². The number of anilines is 2. The molecule has 0 saturated heterocycles. The van der Waals surface area contributed by atoms with Crippen molar-refractivity contribution in [2.45, 2.75) is 26.5 Å². The average molecular weight is 421 g/mol. The summed E-state index contributed by atoms with van der Waals surface area (Å²) in [5.74, 6) is 0.218. The minimum Gasteiger partial charge on any atom is -0.479 e. The van der Waals surface area contributed by atoms with Gasteiger partial charge < -0.3 is 15.0 Å². The van der Waals surface area contributed by atoms with Crippen LogP contribution < -0.4 is 15.0 Å². The van der Waals surface area contributed by atoms with Gasteiger partial charge in [0.05, 0.1) is 12.2 Å². The largest absolute Gasteiger partial charge is 0.479 e. The number of benzene rings is 3. The van der Waals surface area contributed by atoms with Gasteiger partial charge in [-0.25, -0.2) is 0 Å². The number of aryl methyl sites for hydroxylation is 1. The molecule has 0 spiro atoms. The SMILES string of the molecule is Cc1ccccc1C(=O)Nc1ccc2c(c1)N(Cc1ccccc1Cl)C(=O)C(C)O2. The van der Waals surface area contributed by atoms with E-state index in [1.165, 1.54) is 0 Å². The summed E-state index contributed by atoms with van der Waals surface area (Å²) in [6, 6.07) is 20.1. The van der Waals surface area contributed by atoms with Crippen LogP contribution in [0.25, 0.3) is 0 Å². The fraction of sp³-hybridized carbons (Fsp3) is 0.167. The molecule has 4 rings (SSSR count). The van der Waals surface area contributed by atoms with Crippen molar-refractivity contribution in [3.63, 3.8) is 0 Å². The van der Waals surface area contributed by atoms with Crippen molar-refractivity contribution in [1.29, 1.82) is 0 Å². The monoisotopic (exact) mass is 420 g/mol. The molecule has 30 heavy (non-hydrogen) atoms. The van der Waals surface area contributed by atoms with E-state index in [-0.39, 0.29) is 11.8 Å². The molecule has 1 atom stereocenters. The standard InChI is InChI=1S/C24H21ClN2O3/c1-15-7-3-5-9-19(15)23(28)26-18-11-12-22-21(13-18)27(24(29)16(2)30-22)14-17-8-4-6-10-20(17)25/h3-13,16H,14H2,1-2H3,(H,26,28). The smallest absolute Gasteiger partial charge is 0.268 e. The Morgan fingerprint density at radius 3 is 2.60 bits per heavy atom. The van der Waals surface area contributed by atoms with E-state index >= 15 is 0 Å². The zero-order valence-electron chi connectivity index (χ0n) is 16.7. The van der Waals surface area contributed by atoms with Gasteiger partial charge in [-0.15, -0.1) is 0 Å². The van der Waals surface area contributed by atoms with Crippen molar-refractivity contribution >= 4 is 34.8 Å². The number of nitrogens with zero attached hydrogens (tertiary/aromatic N) is 1. The summed E-state index contributed by atoms with van der Waals surface area (Å²) < 4.78 is 5.77. The lowest BCUT2D eigenvalue weighted by Gasteiger charge is -2.33. The normalized spacial score (nSPS) is 15.4. The van der Waals surface area contributed by atoms with Crippen LogP contribution in [0.15, 0.2) is 66.7 Å². The number of nitrogens with one attached hydrogen (secondary N) is 1. The lowest BCUT2D eigenvalue weighted by atomic mass is 10.1. The lowest BCUT2D eigenvalue weighted by Crippen LogP contribution is -2.44. The van der Waals surface area contributed by atoms with Crippen LogP contribution in [0.3, 0.4) is 0 Å². The van der Waals surface area contributed by atoms with Crippen molar-refractivity contribution in [3.05, 3.63) is 88.4 Å². The van der Waals surface area contributed by atoms with Gasteiger partial charge in [-0.1, -0.05) is 48.0 Å². The molecule has 0 aliphatic carbocycles. The maximum absolute atomic E-state index is 12.9. The maximum atomic E-state index is 12.9. The Morgan fingerprint density at radius 2 is 1.83 bits per heavy atom. The fourth-order valence-corrected chi connectivity index (χ4v) is 3.67. The number of hydrogen-bond donors (Lipinski definition) is 1. The van der Waals surface area contributed by atoms with E-state index in [4.69, 9.17) is 16.3 Å². The van der Waals surface area contributed by atoms with Crippen LogP contribution in [0, 0.1) is 6.92 Å². The number of ether oxygens (including phenoxy) is 1. The van der Waals surface area contributed by atoms with Crippen LogP contribution in [0.4, 0.5) is 11.4 Å². The highest BCUT2D eigenvalue weighted by Crippen LogP contribution is 2.38. The molecule has 0 bridgehead atoms. The van der Waals surface area contributed by atoms with E-state index in [0.29, 0.717) is 34.3 Å².